The second-order valence-electron chi connectivity index (χ2n) is 3.00. The Kier molecular flexibility index (Phi) is 8.31. The summed E-state index contributed by atoms with van der Waals surface area (Å²) in [6, 6.07) is 0. The second-order valence-corrected chi connectivity index (χ2v) is 3.72. The molecule has 84 valence electrons. The monoisotopic (exact) mass is 320 g/mol. The lowest BCUT2D eigenvalue weighted by atomic mass is 10.2. The Balaban J connectivity index is 4.36. The van der Waals surface area contributed by atoms with Crippen molar-refractivity contribution in [1.82, 2.24) is 0 Å². The molecule has 3 nitrogen and oxygen atoms in total. The van der Waals surface area contributed by atoms with Gasteiger partial charge in [0.1, 0.15) is 0 Å². The summed E-state index contributed by atoms with van der Waals surface area (Å²) >= 11 is 2.14. The lowest BCUT2D eigenvalue weighted by Gasteiger charge is -2.00. The first kappa shape index (κ1) is 14.4. The van der Waals surface area contributed by atoms with E-state index in [-0.39, 0.29) is 0 Å². The third-order valence-electron chi connectivity index (χ3n) is 1.68. The van der Waals surface area contributed by atoms with E-state index in [2.05, 4.69) is 34.2 Å². The van der Waals surface area contributed by atoms with Gasteiger partial charge < -0.3 is 10.5 Å². The van der Waals surface area contributed by atoms with Gasteiger partial charge in [-0.25, -0.2) is 0 Å². The van der Waals surface area contributed by atoms with E-state index in [1.165, 1.54) is 0 Å². The molecule has 0 rings (SSSR count). The molecule has 0 aromatic rings. The standard InChI is InChI=1S/C11H17IN2O/c1-9(5-7-15-3)14-8-11(4-6-12)10(2)13/h4,6,8H,1,5,7,13H2,2-3H3/b6-4-,11-10+,14-8?. The molecule has 0 spiro atoms. The van der Waals surface area contributed by atoms with Crippen molar-refractivity contribution in [1.29, 1.82) is 0 Å². The molecule has 15 heavy (non-hydrogen) atoms. The fourth-order valence-electron chi connectivity index (χ4n) is 0.789. The molecule has 0 bridgehead atoms. The lowest BCUT2D eigenvalue weighted by Crippen LogP contribution is -1.98. The van der Waals surface area contributed by atoms with E-state index in [9.17, 15) is 0 Å². The quantitative estimate of drug-likeness (QED) is 0.465. The lowest BCUT2D eigenvalue weighted by molar-refractivity contribution is 0.202. The van der Waals surface area contributed by atoms with Crippen molar-refractivity contribution in [3.8, 4) is 0 Å². The van der Waals surface area contributed by atoms with Crippen LogP contribution >= 0.6 is 22.6 Å². The minimum atomic E-state index is 0.638. The Bertz CT molecular complexity index is 289. The van der Waals surface area contributed by atoms with Crippen molar-refractivity contribution < 1.29 is 4.74 Å². The molecule has 0 aliphatic rings. The van der Waals surface area contributed by atoms with Gasteiger partial charge in [0.05, 0.1) is 6.61 Å². The number of aliphatic imine (C=N–C) groups is 1. The zero-order valence-corrected chi connectivity index (χ0v) is 11.3. The number of ether oxygens (including phenoxy) is 1. The van der Waals surface area contributed by atoms with E-state index < -0.39 is 0 Å². The zero-order chi connectivity index (χ0) is 11.7. The molecule has 4 heteroatoms. The van der Waals surface area contributed by atoms with Gasteiger partial charge in [-0.1, -0.05) is 29.2 Å². The number of halogens is 1. The van der Waals surface area contributed by atoms with E-state index >= 15 is 0 Å². The van der Waals surface area contributed by atoms with Crippen molar-refractivity contribution in [2.24, 2.45) is 10.7 Å². The maximum Gasteiger partial charge on any atom is 0.0517 e. The summed E-state index contributed by atoms with van der Waals surface area (Å²) in [5, 5.41) is 0. The highest BCUT2D eigenvalue weighted by molar-refractivity contribution is 14.1. The fraction of sp³-hybridized carbons (Fsp3) is 0.364. The van der Waals surface area contributed by atoms with Gasteiger partial charge in [0.15, 0.2) is 0 Å². The van der Waals surface area contributed by atoms with Gasteiger partial charge in [0.25, 0.3) is 0 Å². The normalized spacial score (nSPS) is 13.5. The summed E-state index contributed by atoms with van der Waals surface area (Å²) in [5.41, 5.74) is 8.13. The van der Waals surface area contributed by atoms with Crippen molar-refractivity contribution in [3.63, 3.8) is 0 Å². The third kappa shape index (κ3) is 7.33. The first-order valence-electron chi connectivity index (χ1n) is 4.55. The Labute approximate surface area is 105 Å². The molecular weight excluding hydrogens is 303 g/mol. The molecule has 0 aromatic heterocycles. The predicted molar refractivity (Wildman–Crippen MR) is 74.2 cm³/mol. The summed E-state index contributed by atoms with van der Waals surface area (Å²) < 4.78 is 6.82. The van der Waals surface area contributed by atoms with Crippen LogP contribution in [-0.4, -0.2) is 19.9 Å². The maximum atomic E-state index is 5.69. The molecule has 0 fully saturated rings. The van der Waals surface area contributed by atoms with E-state index in [0.717, 1.165) is 23.4 Å². The van der Waals surface area contributed by atoms with Crippen LogP contribution < -0.4 is 5.73 Å². The van der Waals surface area contributed by atoms with Crippen LogP contribution in [0.2, 0.25) is 0 Å². The first-order valence-corrected chi connectivity index (χ1v) is 5.80. The third-order valence-corrected chi connectivity index (χ3v) is 2.04. The van der Waals surface area contributed by atoms with Crippen molar-refractivity contribution in [3.05, 3.63) is 33.7 Å². The Morgan fingerprint density at radius 1 is 1.60 bits per heavy atom. The topological polar surface area (TPSA) is 47.6 Å². The number of nitrogens with two attached hydrogens (primary N) is 1. The van der Waals surface area contributed by atoms with Crippen LogP contribution in [-0.2, 0) is 4.74 Å². The molecule has 0 aromatic carbocycles. The van der Waals surface area contributed by atoms with Gasteiger partial charge >= 0.3 is 0 Å². The molecule has 0 aliphatic heterocycles. The number of nitrogens with zero attached hydrogens (tertiary/aromatic N) is 1. The van der Waals surface area contributed by atoms with Crippen LogP contribution in [0.5, 0.6) is 0 Å². The highest BCUT2D eigenvalue weighted by Gasteiger charge is 1.93. The second kappa shape index (κ2) is 8.67. The van der Waals surface area contributed by atoms with Crippen LogP contribution in [0.1, 0.15) is 13.3 Å². The van der Waals surface area contributed by atoms with Crippen LogP contribution in [0, 0.1) is 0 Å². The van der Waals surface area contributed by atoms with Gasteiger partial charge in [-0.05, 0) is 17.1 Å². The van der Waals surface area contributed by atoms with Crippen LogP contribution in [0.4, 0.5) is 0 Å². The van der Waals surface area contributed by atoms with E-state index in [1.54, 1.807) is 13.3 Å². The summed E-state index contributed by atoms with van der Waals surface area (Å²) in [6.07, 6.45) is 4.36. The van der Waals surface area contributed by atoms with Crippen LogP contribution in [0.25, 0.3) is 0 Å². The van der Waals surface area contributed by atoms with Gasteiger partial charge in [0.2, 0.25) is 0 Å². The Hall–Kier alpha value is -0.620. The Morgan fingerprint density at radius 3 is 2.73 bits per heavy atom. The summed E-state index contributed by atoms with van der Waals surface area (Å²) in [4.78, 5) is 4.21. The fourth-order valence-corrected chi connectivity index (χ4v) is 1.18. The maximum absolute atomic E-state index is 5.69. The van der Waals surface area contributed by atoms with Crippen molar-refractivity contribution in [2.45, 2.75) is 13.3 Å². The predicted octanol–water partition coefficient (Wildman–Crippen LogP) is 2.79. The van der Waals surface area contributed by atoms with Gasteiger partial charge in [-0.2, -0.15) is 0 Å². The van der Waals surface area contributed by atoms with Gasteiger partial charge in [-0.15, -0.1) is 0 Å². The first-order chi connectivity index (χ1) is 7.11. The molecular formula is C11H17IN2O. The van der Waals surface area contributed by atoms with E-state index in [1.807, 2.05) is 17.1 Å². The molecule has 0 heterocycles. The number of hydrogen-bond donors (Lipinski definition) is 1. The number of methoxy groups -OCH3 is 1. The van der Waals surface area contributed by atoms with Gasteiger partial charge in [-0.3, -0.25) is 4.99 Å². The molecule has 2 N–H and O–H groups in total. The average Bonchev–Trinajstić information content (AvgIpc) is 2.20. The molecule has 0 saturated heterocycles. The molecule has 0 radical (unpaired) electrons. The minimum Gasteiger partial charge on any atom is -0.402 e. The molecule has 0 amide bonds. The molecule has 0 aliphatic carbocycles. The highest BCUT2D eigenvalue weighted by atomic mass is 127. The minimum absolute atomic E-state index is 0.638. The van der Waals surface area contributed by atoms with Crippen molar-refractivity contribution >= 4 is 28.8 Å². The van der Waals surface area contributed by atoms with Crippen molar-refractivity contribution in [2.75, 3.05) is 13.7 Å². The number of hydrogen-bond acceptors (Lipinski definition) is 3. The Morgan fingerprint density at radius 2 is 2.27 bits per heavy atom. The molecule has 0 unspecified atom stereocenters. The summed E-state index contributed by atoms with van der Waals surface area (Å²) in [7, 11) is 1.66. The average molecular weight is 320 g/mol. The highest BCUT2D eigenvalue weighted by Crippen LogP contribution is 2.04. The van der Waals surface area contributed by atoms with E-state index in [0.29, 0.717) is 6.61 Å². The zero-order valence-electron chi connectivity index (χ0n) is 9.16. The smallest absolute Gasteiger partial charge is 0.0517 e. The molecule has 0 saturated carbocycles. The van der Waals surface area contributed by atoms with Gasteiger partial charge in [0, 0.05) is 36.7 Å². The molecule has 0 atom stereocenters. The van der Waals surface area contributed by atoms with E-state index in [4.69, 9.17) is 10.5 Å². The number of allylic oxidation sites excluding steroid dienone is 3. The summed E-state index contributed by atoms with van der Waals surface area (Å²) in [6.45, 7) is 6.30. The van der Waals surface area contributed by atoms with Crippen LogP contribution in [0.15, 0.2) is 38.7 Å². The number of rotatable bonds is 6. The van der Waals surface area contributed by atoms with Crippen LogP contribution in [0.3, 0.4) is 0 Å². The SMILES string of the molecule is C=C(CCOC)N=CC(/C=C\I)=C(\C)N. The summed E-state index contributed by atoms with van der Waals surface area (Å²) in [5.74, 6) is 0. The largest absolute Gasteiger partial charge is 0.402 e.